The van der Waals surface area contributed by atoms with E-state index in [4.69, 9.17) is 6.42 Å². The first-order valence-electron chi connectivity index (χ1n) is 7.30. The van der Waals surface area contributed by atoms with E-state index in [1.54, 1.807) is 36.4 Å². The lowest BCUT2D eigenvalue weighted by Gasteiger charge is -2.06. The molecule has 2 N–H and O–H groups in total. The van der Waals surface area contributed by atoms with Crippen LogP contribution in [0.2, 0.25) is 0 Å². The molecule has 0 radical (unpaired) electrons. The Morgan fingerprint density at radius 1 is 0.957 bits per heavy atom. The quantitative estimate of drug-likeness (QED) is 0.636. The van der Waals surface area contributed by atoms with E-state index in [1.807, 2.05) is 19.2 Å². The fourth-order valence-corrected chi connectivity index (χ4v) is 2.07. The summed E-state index contributed by atoms with van der Waals surface area (Å²) in [5.74, 6) is 2.23. The zero-order chi connectivity index (χ0) is 16.7. The lowest BCUT2D eigenvalue weighted by Crippen LogP contribution is -2.11. The number of carbonyl (C=O) groups is 2. The van der Waals surface area contributed by atoms with E-state index in [0.717, 1.165) is 5.69 Å². The Morgan fingerprint density at radius 2 is 1.48 bits per heavy atom. The molecule has 2 aromatic carbocycles. The average molecular weight is 306 g/mol. The maximum Gasteiger partial charge on any atom is 0.225 e. The minimum Gasteiger partial charge on any atom is -0.388 e. The standard InChI is InChI=1S/C19H18N2O2/c1-3-4-5-18(22)21-17-12-8-15(9-13-17)19(23)14-6-10-16(20-2)11-7-14/h1,6-13,20H,4-5H2,2H3,(H,21,22). The van der Waals surface area contributed by atoms with Crippen LogP contribution in [-0.2, 0) is 4.79 Å². The molecule has 0 saturated carbocycles. The zero-order valence-electron chi connectivity index (χ0n) is 12.9. The molecule has 0 unspecified atom stereocenters. The van der Waals surface area contributed by atoms with Crippen LogP contribution >= 0.6 is 0 Å². The van der Waals surface area contributed by atoms with Crippen molar-refractivity contribution in [3.63, 3.8) is 0 Å². The van der Waals surface area contributed by atoms with Crippen molar-refractivity contribution in [3.05, 3.63) is 59.7 Å². The molecular formula is C19H18N2O2. The maximum atomic E-state index is 12.4. The second kappa shape index (κ2) is 7.81. The van der Waals surface area contributed by atoms with Gasteiger partial charge in [-0.1, -0.05) is 0 Å². The highest BCUT2D eigenvalue weighted by Crippen LogP contribution is 2.16. The highest BCUT2D eigenvalue weighted by molar-refractivity contribution is 6.09. The van der Waals surface area contributed by atoms with E-state index in [1.165, 1.54) is 0 Å². The molecule has 0 aromatic heterocycles. The number of nitrogens with one attached hydrogen (secondary N) is 2. The van der Waals surface area contributed by atoms with Crippen LogP contribution in [-0.4, -0.2) is 18.7 Å². The summed E-state index contributed by atoms with van der Waals surface area (Å²) in [5.41, 5.74) is 2.79. The number of rotatable bonds is 6. The Bertz CT molecular complexity index is 725. The van der Waals surface area contributed by atoms with Crippen LogP contribution in [0.4, 0.5) is 11.4 Å². The van der Waals surface area contributed by atoms with Crippen molar-refractivity contribution in [2.24, 2.45) is 0 Å². The maximum absolute atomic E-state index is 12.4. The highest BCUT2D eigenvalue weighted by atomic mass is 16.1. The van der Waals surface area contributed by atoms with E-state index < -0.39 is 0 Å². The van der Waals surface area contributed by atoms with E-state index in [9.17, 15) is 9.59 Å². The first-order valence-corrected chi connectivity index (χ1v) is 7.30. The summed E-state index contributed by atoms with van der Waals surface area (Å²) in [6, 6.07) is 14.1. The van der Waals surface area contributed by atoms with Gasteiger partial charge in [0.2, 0.25) is 5.91 Å². The van der Waals surface area contributed by atoms with Crippen LogP contribution in [0.3, 0.4) is 0 Å². The molecule has 4 nitrogen and oxygen atoms in total. The number of amides is 1. The van der Waals surface area contributed by atoms with Crippen LogP contribution in [0, 0.1) is 12.3 Å². The lowest BCUT2D eigenvalue weighted by molar-refractivity contribution is -0.116. The minimum atomic E-state index is -0.135. The van der Waals surface area contributed by atoms with Gasteiger partial charge in [0.1, 0.15) is 0 Å². The second-order valence-corrected chi connectivity index (χ2v) is 4.99. The molecule has 4 heteroatoms. The smallest absolute Gasteiger partial charge is 0.225 e. The third-order valence-electron chi connectivity index (χ3n) is 3.36. The van der Waals surface area contributed by atoms with Gasteiger partial charge in [-0.05, 0) is 48.5 Å². The summed E-state index contributed by atoms with van der Waals surface area (Å²) in [5, 5.41) is 5.75. The summed E-state index contributed by atoms with van der Waals surface area (Å²) in [7, 11) is 1.83. The number of terminal acetylenes is 1. The van der Waals surface area contributed by atoms with Crippen LogP contribution in [0.1, 0.15) is 28.8 Å². The summed E-state index contributed by atoms with van der Waals surface area (Å²) in [6.07, 6.45) is 5.82. The molecule has 116 valence electrons. The Balaban J connectivity index is 2.05. The van der Waals surface area contributed by atoms with E-state index in [0.29, 0.717) is 23.2 Å². The largest absolute Gasteiger partial charge is 0.388 e. The highest BCUT2D eigenvalue weighted by Gasteiger charge is 2.09. The van der Waals surface area contributed by atoms with Crippen molar-refractivity contribution < 1.29 is 9.59 Å². The van der Waals surface area contributed by atoms with Crippen molar-refractivity contribution in [2.45, 2.75) is 12.8 Å². The van der Waals surface area contributed by atoms with Crippen LogP contribution in [0.5, 0.6) is 0 Å². The molecule has 0 bridgehead atoms. The number of ketones is 1. The van der Waals surface area contributed by atoms with Gasteiger partial charge in [-0.15, -0.1) is 12.3 Å². The van der Waals surface area contributed by atoms with Gasteiger partial charge in [0.15, 0.2) is 5.78 Å². The van der Waals surface area contributed by atoms with E-state index in [2.05, 4.69) is 16.6 Å². The zero-order valence-corrected chi connectivity index (χ0v) is 12.9. The summed E-state index contributed by atoms with van der Waals surface area (Å²) >= 11 is 0. The van der Waals surface area contributed by atoms with E-state index >= 15 is 0 Å². The van der Waals surface area contributed by atoms with Crippen molar-refractivity contribution in [1.29, 1.82) is 0 Å². The second-order valence-electron chi connectivity index (χ2n) is 4.99. The normalized spacial score (nSPS) is 9.74. The average Bonchev–Trinajstić information content (AvgIpc) is 2.60. The number of benzene rings is 2. The van der Waals surface area contributed by atoms with Gasteiger partial charge in [0.25, 0.3) is 0 Å². The van der Waals surface area contributed by atoms with Crippen molar-refractivity contribution in [1.82, 2.24) is 0 Å². The number of hydrogen-bond acceptors (Lipinski definition) is 3. The topological polar surface area (TPSA) is 58.2 Å². The van der Waals surface area contributed by atoms with Gasteiger partial charge in [-0.25, -0.2) is 0 Å². The fraction of sp³-hybridized carbons (Fsp3) is 0.158. The summed E-state index contributed by atoms with van der Waals surface area (Å²) in [6.45, 7) is 0. The molecule has 0 fully saturated rings. The third kappa shape index (κ3) is 4.45. The monoisotopic (exact) mass is 306 g/mol. The Morgan fingerprint density at radius 3 is 1.96 bits per heavy atom. The molecular weight excluding hydrogens is 288 g/mol. The molecule has 0 aliphatic carbocycles. The molecule has 0 saturated heterocycles. The summed E-state index contributed by atoms with van der Waals surface area (Å²) in [4.78, 5) is 24.0. The summed E-state index contributed by atoms with van der Waals surface area (Å²) < 4.78 is 0. The molecule has 0 heterocycles. The van der Waals surface area contributed by atoms with Gasteiger partial charge in [0.05, 0.1) is 0 Å². The molecule has 1 amide bonds. The molecule has 0 atom stereocenters. The number of anilines is 2. The van der Waals surface area contributed by atoms with Crippen molar-refractivity contribution in [3.8, 4) is 12.3 Å². The Kier molecular flexibility index (Phi) is 5.54. The first-order chi connectivity index (χ1) is 11.1. The van der Waals surface area contributed by atoms with Gasteiger partial charge >= 0.3 is 0 Å². The third-order valence-corrected chi connectivity index (χ3v) is 3.36. The predicted octanol–water partition coefficient (Wildman–Crippen LogP) is 3.31. The minimum absolute atomic E-state index is 0.0575. The Labute approximate surface area is 135 Å². The van der Waals surface area contributed by atoms with Crippen LogP contribution < -0.4 is 10.6 Å². The van der Waals surface area contributed by atoms with Gasteiger partial charge in [-0.3, -0.25) is 9.59 Å². The molecule has 23 heavy (non-hydrogen) atoms. The SMILES string of the molecule is C#CCCC(=O)Nc1ccc(C(=O)c2ccc(NC)cc2)cc1. The number of hydrogen-bond donors (Lipinski definition) is 2. The first kappa shape index (κ1) is 16.3. The molecule has 0 aliphatic rings. The van der Waals surface area contributed by atoms with Crippen LogP contribution in [0.25, 0.3) is 0 Å². The Hall–Kier alpha value is -3.06. The predicted molar refractivity (Wildman–Crippen MR) is 92.6 cm³/mol. The number of carbonyl (C=O) groups excluding carboxylic acids is 2. The van der Waals surface area contributed by atoms with Gasteiger partial charge in [-0.2, -0.15) is 0 Å². The fourth-order valence-electron chi connectivity index (χ4n) is 2.07. The van der Waals surface area contributed by atoms with Gasteiger partial charge < -0.3 is 10.6 Å². The van der Waals surface area contributed by atoms with Crippen molar-refractivity contribution >= 4 is 23.1 Å². The van der Waals surface area contributed by atoms with Crippen LogP contribution in [0.15, 0.2) is 48.5 Å². The van der Waals surface area contributed by atoms with Gasteiger partial charge in [0, 0.05) is 42.4 Å². The van der Waals surface area contributed by atoms with Crippen molar-refractivity contribution in [2.75, 3.05) is 17.7 Å². The molecule has 2 aromatic rings. The molecule has 0 aliphatic heterocycles. The molecule has 0 spiro atoms. The molecule has 2 rings (SSSR count). The lowest BCUT2D eigenvalue weighted by atomic mass is 10.0. The van der Waals surface area contributed by atoms with E-state index in [-0.39, 0.29) is 18.1 Å².